The lowest BCUT2D eigenvalue weighted by Crippen LogP contribution is -2.41. The Hall–Kier alpha value is -3.59. The monoisotopic (exact) mass is 590 g/mol. The lowest BCUT2D eigenvalue weighted by molar-refractivity contribution is -0.120. The lowest BCUT2D eigenvalue weighted by atomic mass is 9.88. The van der Waals surface area contributed by atoms with Crippen molar-refractivity contribution in [3.05, 3.63) is 89.5 Å². The predicted molar refractivity (Wildman–Crippen MR) is 168 cm³/mol. The van der Waals surface area contributed by atoms with E-state index < -0.39 is 0 Å². The molecule has 1 fully saturated rings. The van der Waals surface area contributed by atoms with Gasteiger partial charge in [0.15, 0.2) is 0 Å². The number of hydrogen-bond acceptors (Lipinski definition) is 7. The highest BCUT2D eigenvalue weighted by atomic mass is 16.5. The van der Waals surface area contributed by atoms with Gasteiger partial charge < -0.3 is 34.3 Å². The zero-order valence-electron chi connectivity index (χ0n) is 25.5. The molecular weight excluding hydrogens is 544 g/mol. The molecule has 4 rings (SSSR count). The third kappa shape index (κ3) is 10.6. The Labute approximate surface area is 256 Å². The van der Waals surface area contributed by atoms with Crippen LogP contribution in [0.2, 0.25) is 0 Å². The smallest absolute Gasteiger partial charge is 0.219 e. The number of piperidine rings is 1. The largest absolute Gasteiger partial charge is 0.496 e. The summed E-state index contributed by atoms with van der Waals surface area (Å²) in [5.41, 5.74) is 3.39. The van der Waals surface area contributed by atoms with Gasteiger partial charge in [-0.3, -0.25) is 4.79 Å². The Morgan fingerprint density at radius 1 is 0.884 bits per heavy atom. The summed E-state index contributed by atoms with van der Waals surface area (Å²) in [5, 5.41) is 6.39. The van der Waals surface area contributed by atoms with Crippen LogP contribution in [-0.4, -0.2) is 65.2 Å². The van der Waals surface area contributed by atoms with Gasteiger partial charge >= 0.3 is 0 Å². The zero-order valence-corrected chi connectivity index (χ0v) is 25.5. The predicted octanol–water partition coefficient (Wildman–Crippen LogP) is 5.29. The number of hydrogen-bond donors (Lipinski definition) is 2. The van der Waals surface area contributed by atoms with Gasteiger partial charge in [0.25, 0.3) is 0 Å². The van der Waals surface area contributed by atoms with Crippen LogP contribution in [0, 0.1) is 0 Å². The minimum absolute atomic E-state index is 0.0618. The number of para-hydroxylation sites is 2. The van der Waals surface area contributed by atoms with Crippen LogP contribution in [0.3, 0.4) is 0 Å². The van der Waals surface area contributed by atoms with Crippen LogP contribution in [-0.2, 0) is 27.3 Å². The third-order valence-corrected chi connectivity index (χ3v) is 7.57. The van der Waals surface area contributed by atoms with Crippen LogP contribution in [0.15, 0.2) is 72.8 Å². The second-order valence-corrected chi connectivity index (χ2v) is 10.6. The number of carbonyl (C=O) groups is 1. The minimum atomic E-state index is 0.0618. The maximum atomic E-state index is 11.5. The fourth-order valence-corrected chi connectivity index (χ4v) is 5.22. The SMILES string of the molecule is CCC(=O)NCCc1ccccc1OCCOC1CNCCC1c1ccc(OCCCOCc2ccccc2OC)cc1. The van der Waals surface area contributed by atoms with Gasteiger partial charge in [-0.15, -0.1) is 0 Å². The van der Waals surface area contributed by atoms with Crippen molar-refractivity contribution in [2.45, 2.75) is 51.2 Å². The molecule has 3 aromatic rings. The van der Waals surface area contributed by atoms with Crippen molar-refractivity contribution in [1.29, 1.82) is 0 Å². The fraction of sp³-hybridized carbons (Fsp3) is 0.457. The number of amides is 1. The van der Waals surface area contributed by atoms with E-state index in [2.05, 4.69) is 22.8 Å². The van der Waals surface area contributed by atoms with Gasteiger partial charge in [0, 0.05) is 37.4 Å². The van der Waals surface area contributed by atoms with Crippen LogP contribution in [0.1, 0.15) is 48.8 Å². The second-order valence-electron chi connectivity index (χ2n) is 10.6. The summed E-state index contributed by atoms with van der Waals surface area (Å²) in [7, 11) is 1.68. The minimum Gasteiger partial charge on any atom is -0.496 e. The molecule has 0 aromatic heterocycles. The average molecular weight is 591 g/mol. The van der Waals surface area contributed by atoms with Crippen molar-refractivity contribution in [3.8, 4) is 17.2 Å². The van der Waals surface area contributed by atoms with Crippen LogP contribution >= 0.6 is 0 Å². The van der Waals surface area contributed by atoms with Gasteiger partial charge in [-0.25, -0.2) is 0 Å². The topological polar surface area (TPSA) is 87.3 Å². The van der Waals surface area contributed by atoms with Crippen molar-refractivity contribution in [1.82, 2.24) is 10.6 Å². The number of methoxy groups -OCH3 is 1. The summed E-state index contributed by atoms with van der Waals surface area (Å²) in [5.74, 6) is 2.93. The van der Waals surface area contributed by atoms with Gasteiger partial charge in [0.2, 0.25) is 5.91 Å². The molecule has 0 radical (unpaired) electrons. The molecule has 0 saturated carbocycles. The van der Waals surface area contributed by atoms with Gasteiger partial charge in [0.1, 0.15) is 23.9 Å². The highest BCUT2D eigenvalue weighted by Crippen LogP contribution is 2.29. The molecule has 1 amide bonds. The summed E-state index contributed by atoms with van der Waals surface area (Å²) < 4.78 is 29.5. The van der Waals surface area contributed by atoms with Crippen LogP contribution in [0.25, 0.3) is 0 Å². The van der Waals surface area contributed by atoms with Crippen LogP contribution < -0.4 is 24.8 Å². The van der Waals surface area contributed by atoms with E-state index in [1.807, 2.05) is 67.6 Å². The molecule has 2 atom stereocenters. The first-order valence-corrected chi connectivity index (χ1v) is 15.4. The molecular formula is C35H46N2O6. The normalized spacial score (nSPS) is 16.4. The zero-order chi connectivity index (χ0) is 30.1. The summed E-state index contributed by atoms with van der Waals surface area (Å²) in [6.45, 7) is 6.95. The van der Waals surface area contributed by atoms with E-state index in [1.54, 1.807) is 7.11 Å². The Kier molecular flexibility index (Phi) is 13.7. The molecule has 0 bridgehead atoms. The summed E-state index contributed by atoms with van der Waals surface area (Å²) in [4.78, 5) is 11.5. The molecule has 232 valence electrons. The second kappa shape index (κ2) is 18.2. The molecule has 1 saturated heterocycles. The Morgan fingerprint density at radius 2 is 1.65 bits per heavy atom. The Balaban J connectivity index is 1.16. The maximum absolute atomic E-state index is 11.5. The Bertz CT molecular complexity index is 1240. The van der Waals surface area contributed by atoms with Crippen molar-refractivity contribution in [3.63, 3.8) is 0 Å². The number of nitrogens with one attached hydrogen (secondary N) is 2. The van der Waals surface area contributed by atoms with Crippen LogP contribution in [0.5, 0.6) is 17.2 Å². The number of rotatable bonds is 18. The molecule has 8 nitrogen and oxygen atoms in total. The molecule has 1 aliphatic rings. The molecule has 2 N–H and O–H groups in total. The summed E-state index contributed by atoms with van der Waals surface area (Å²) in [6, 6.07) is 24.3. The molecule has 0 aliphatic carbocycles. The van der Waals surface area contributed by atoms with E-state index in [1.165, 1.54) is 5.56 Å². The van der Waals surface area contributed by atoms with Gasteiger partial charge in [0.05, 0.1) is 39.6 Å². The molecule has 43 heavy (non-hydrogen) atoms. The van der Waals surface area contributed by atoms with Crippen LogP contribution in [0.4, 0.5) is 0 Å². The molecule has 1 aliphatic heterocycles. The molecule has 8 heteroatoms. The first-order valence-electron chi connectivity index (χ1n) is 15.4. The quantitative estimate of drug-likeness (QED) is 0.195. The molecule has 3 aromatic carbocycles. The molecule has 2 unspecified atom stereocenters. The van der Waals surface area contributed by atoms with E-state index in [0.717, 1.165) is 60.7 Å². The van der Waals surface area contributed by atoms with Gasteiger partial charge in [-0.1, -0.05) is 55.5 Å². The number of ether oxygens (including phenoxy) is 5. The van der Waals surface area contributed by atoms with E-state index in [9.17, 15) is 4.79 Å². The van der Waals surface area contributed by atoms with E-state index in [0.29, 0.717) is 51.9 Å². The molecule has 0 spiro atoms. The first-order chi connectivity index (χ1) is 21.2. The molecule has 1 heterocycles. The third-order valence-electron chi connectivity index (χ3n) is 7.57. The Morgan fingerprint density at radius 3 is 2.44 bits per heavy atom. The van der Waals surface area contributed by atoms with Crippen molar-refractivity contribution >= 4 is 5.91 Å². The summed E-state index contributed by atoms with van der Waals surface area (Å²) in [6.07, 6.45) is 3.12. The highest BCUT2D eigenvalue weighted by molar-refractivity contribution is 5.75. The van der Waals surface area contributed by atoms with Crippen molar-refractivity contribution in [2.75, 3.05) is 53.2 Å². The fourth-order valence-electron chi connectivity index (χ4n) is 5.22. The summed E-state index contributed by atoms with van der Waals surface area (Å²) >= 11 is 0. The van der Waals surface area contributed by atoms with E-state index >= 15 is 0 Å². The van der Waals surface area contributed by atoms with Crippen molar-refractivity contribution in [2.24, 2.45) is 0 Å². The highest BCUT2D eigenvalue weighted by Gasteiger charge is 2.27. The number of benzene rings is 3. The van der Waals surface area contributed by atoms with Gasteiger partial charge in [-0.2, -0.15) is 0 Å². The number of carbonyl (C=O) groups excluding carboxylic acids is 1. The van der Waals surface area contributed by atoms with Gasteiger partial charge in [-0.05, 0) is 54.8 Å². The first kappa shape index (κ1) is 32.3. The van der Waals surface area contributed by atoms with Crippen molar-refractivity contribution < 1.29 is 28.5 Å². The van der Waals surface area contributed by atoms with E-state index in [4.69, 9.17) is 23.7 Å². The van der Waals surface area contributed by atoms with E-state index in [-0.39, 0.29) is 12.0 Å². The standard InChI is InChI=1S/C35H46N2O6/c1-3-35(38)37-20-17-28-9-4-7-12-33(28)42-23-24-43-34-25-36-19-18-31(34)27-13-15-30(16-14-27)41-22-8-21-40-26-29-10-5-6-11-32(29)39-2/h4-7,9-16,31,34,36H,3,8,17-26H2,1-2H3,(H,37,38). The average Bonchev–Trinajstić information content (AvgIpc) is 3.06. The lowest BCUT2D eigenvalue weighted by Gasteiger charge is -2.32. The maximum Gasteiger partial charge on any atom is 0.219 e.